The van der Waals surface area contributed by atoms with Gasteiger partial charge >= 0.3 is 0 Å². The zero-order valence-corrected chi connectivity index (χ0v) is 14.8. The highest BCUT2D eigenvalue weighted by molar-refractivity contribution is 7.09. The average molecular weight is 338 g/mol. The van der Waals surface area contributed by atoms with Gasteiger partial charge in [-0.1, -0.05) is 6.92 Å². The first kappa shape index (κ1) is 17.9. The molecule has 0 aliphatic carbocycles. The second-order valence-electron chi connectivity index (χ2n) is 6.00. The zero-order chi connectivity index (χ0) is 16.7. The second-order valence-corrected chi connectivity index (χ2v) is 6.97. The molecule has 0 bridgehead atoms. The number of carbonyl (C=O) groups is 2. The monoisotopic (exact) mass is 338 g/mol. The van der Waals surface area contributed by atoms with Crippen LogP contribution in [0.25, 0.3) is 0 Å². The minimum atomic E-state index is 0.0734. The quantitative estimate of drug-likeness (QED) is 0.809. The molecule has 128 valence electrons. The van der Waals surface area contributed by atoms with Crippen molar-refractivity contribution in [2.24, 2.45) is 0 Å². The van der Waals surface area contributed by atoms with E-state index in [4.69, 9.17) is 0 Å². The van der Waals surface area contributed by atoms with Gasteiger partial charge in [-0.2, -0.15) is 0 Å². The number of aryl methyl sites for hydroxylation is 1. The number of rotatable bonds is 7. The lowest BCUT2D eigenvalue weighted by atomic mass is 10.2. The van der Waals surface area contributed by atoms with Gasteiger partial charge < -0.3 is 10.2 Å². The van der Waals surface area contributed by atoms with Crippen molar-refractivity contribution in [2.75, 3.05) is 32.7 Å². The van der Waals surface area contributed by atoms with Gasteiger partial charge in [0.05, 0.1) is 12.1 Å². The largest absolute Gasteiger partial charge is 0.353 e. The van der Waals surface area contributed by atoms with E-state index in [1.165, 1.54) is 0 Å². The number of hydrogen-bond acceptors (Lipinski definition) is 5. The number of hydrogen-bond donors (Lipinski definition) is 1. The Morgan fingerprint density at radius 2 is 2.09 bits per heavy atom. The van der Waals surface area contributed by atoms with Crippen LogP contribution in [0, 0.1) is 0 Å². The van der Waals surface area contributed by atoms with E-state index in [-0.39, 0.29) is 17.9 Å². The smallest absolute Gasteiger partial charge is 0.234 e. The molecule has 1 aromatic heterocycles. The molecule has 1 unspecified atom stereocenters. The van der Waals surface area contributed by atoms with Gasteiger partial charge in [-0.25, -0.2) is 0 Å². The molecular formula is C16H26N4O2S. The number of nitrogens with one attached hydrogen (secondary N) is 1. The molecule has 0 aromatic carbocycles. The first-order valence-corrected chi connectivity index (χ1v) is 9.13. The maximum absolute atomic E-state index is 12.2. The molecular weight excluding hydrogens is 312 g/mol. The van der Waals surface area contributed by atoms with Crippen LogP contribution in [0.15, 0.2) is 11.7 Å². The van der Waals surface area contributed by atoms with Crippen molar-refractivity contribution in [1.29, 1.82) is 0 Å². The van der Waals surface area contributed by atoms with E-state index >= 15 is 0 Å². The summed E-state index contributed by atoms with van der Waals surface area (Å²) in [5.41, 5.74) is 1.79. The Kier molecular flexibility index (Phi) is 6.98. The maximum atomic E-state index is 12.2. The molecule has 0 saturated carbocycles. The minimum absolute atomic E-state index is 0.0734. The van der Waals surface area contributed by atoms with Crippen molar-refractivity contribution < 1.29 is 9.59 Å². The van der Waals surface area contributed by atoms with Crippen molar-refractivity contribution in [3.05, 3.63) is 16.6 Å². The fourth-order valence-corrected chi connectivity index (χ4v) is 3.13. The summed E-state index contributed by atoms with van der Waals surface area (Å²) in [7, 11) is 0. The van der Waals surface area contributed by atoms with Crippen LogP contribution in [0.5, 0.6) is 0 Å². The predicted molar refractivity (Wildman–Crippen MR) is 91.4 cm³/mol. The van der Waals surface area contributed by atoms with Crippen LogP contribution < -0.4 is 5.32 Å². The number of amides is 2. The molecule has 23 heavy (non-hydrogen) atoms. The van der Waals surface area contributed by atoms with Crippen LogP contribution in [0.1, 0.15) is 31.6 Å². The Labute approximate surface area is 141 Å². The summed E-state index contributed by atoms with van der Waals surface area (Å²) in [4.78, 5) is 33.3. The van der Waals surface area contributed by atoms with E-state index in [2.05, 4.69) is 22.1 Å². The van der Waals surface area contributed by atoms with Gasteiger partial charge in [0.2, 0.25) is 11.8 Å². The van der Waals surface area contributed by atoms with Crippen molar-refractivity contribution in [3.8, 4) is 0 Å². The fourth-order valence-electron chi connectivity index (χ4n) is 2.53. The van der Waals surface area contributed by atoms with E-state index < -0.39 is 0 Å². The standard InChI is InChI=1S/C16H26N4O2S/c1-3-13(2)18-15(21)11-19-6-8-20(9-7-19)16(22)5-4-14-10-17-12-23-14/h10,12-13H,3-9,11H2,1-2H3,(H,18,21). The molecule has 2 heterocycles. The van der Waals surface area contributed by atoms with Crippen molar-refractivity contribution in [2.45, 2.75) is 39.2 Å². The van der Waals surface area contributed by atoms with E-state index in [9.17, 15) is 9.59 Å². The van der Waals surface area contributed by atoms with Crippen molar-refractivity contribution in [3.63, 3.8) is 0 Å². The number of thiazole rings is 1. The van der Waals surface area contributed by atoms with Gasteiger partial charge in [-0.15, -0.1) is 11.3 Å². The summed E-state index contributed by atoms with van der Waals surface area (Å²) in [6.07, 6.45) is 4.07. The average Bonchev–Trinajstić information content (AvgIpc) is 3.06. The normalized spacial score (nSPS) is 17.0. The van der Waals surface area contributed by atoms with E-state index in [0.29, 0.717) is 26.1 Å². The Morgan fingerprint density at radius 3 is 2.70 bits per heavy atom. The molecule has 0 radical (unpaired) electrons. The van der Waals surface area contributed by atoms with Crippen LogP contribution in [0.3, 0.4) is 0 Å². The third-order valence-corrected chi connectivity index (χ3v) is 5.02. The molecule has 2 rings (SSSR count). The maximum Gasteiger partial charge on any atom is 0.234 e. The molecule has 6 nitrogen and oxygen atoms in total. The van der Waals surface area contributed by atoms with E-state index in [1.807, 2.05) is 18.0 Å². The molecule has 7 heteroatoms. The topological polar surface area (TPSA) is 65.5 Å². The van der Waals surface area contributed by atoms with Gasteiger partial charge in [-0.05, 0) is 19.8 Å². The Morgan fingerprint density at radius 1 is 1.35 bits per heavy atom. The highest BCUT2D eigenvalue weighted by Crippen LogP contribution is 2.11. The highest BCUT2D eigenvalue weighted by Gasteiger charge is 2.22. The summed E-state index contributed by atoms with van der Waals surface area (Å²) in [5.74, 6) is 0.270. The van der Waals surface area contributed by atoms with E-state index in [0.717, 1.165) is 30.8 Å². The highest BCUT2D eigenvalue weighted by atomic mass is 32.1. The molecule has 0 spiro atoms. The predicted octanol–water partition coefficient (Wildman–Crippen LogP) is 1.13. The first-order chi connectivity index (χ1) is 11.1. The zero-order valence-electron chi connectivity index (χ0n) is 14.0. The third-order valence-electron chi connectivity index (χ3n) is 4.18. The van der Waals surface area contributed by atoms with Crippen molar-refractivity contribution in [1.82, 2.24) is 20.1 Å². The molecule has 1 N–H and O–H groups in total. The van der Waals surface area contributed by atoms with Gasteiger partial charge in [0.25, 0.3) is 0 Å². The molecule has 1 fully saturated rings. The van der Waals surface area contributed by atoms with Crippen LogP contribution in [0.4, 0.5) is 0 Å². The summed E-state index contributed by atoms with van der Waals surface area (Å²) in [6, 6.07) is 0.220. The van der Waals surface area contributed by atoms with Crippen molar-refractivity contribution >= 4 is 23.2 Å². The Bertz CT molecular complexity index is 498. The molecule has 1 saturated heterocycles. The molecule has 1 atom stereocenters. The molecule has 1 aliphatic heterocycles. The third kappa shape index (κ3) is 5.91. The van der Waals surface area contributed by atoms with Crippen LogP contribution in [0.2, 0.25) is 0 Å². The van der Waals surface area contributed by atoms with Gasteiger partial charge in [0, 0.05) is 49.7 Å². The summed E-state index contributed by atoms with van der Waals surface area (Å²) < 4.78 is 0. The Hall–Kier alpha value is -1.47. The number of aromatic nitrogens is 1. The summed E-state index contributed by atoms with van der Waals surface area (Å²) >= 11 is 1.59. The molecule has 1 aromatic rings. The van der Waals surface area contributed by atoms with Crippen LogP contribution in [-0.4, -0.2) is 65.4 Å². The van der Waals surface area contributed by atoms with Gasteiger partial charge in [-0.3, -0.25) is 19.5 Å². The second kappa shape index (κ2) is 8.98. The lowest BCUT2D eigenvalue weighted by Gasteiger charge is -2.34. The first-order valence-electron chi connectivity index (χ1n) is 8.25. The number of carbonyl (C=O) groups excluding carboxylic acids is 2. The van der Waals surface area contributed by atoms with Gasteiger partial charge in [0.1, 0.15) is 0 Å². The van der Waals surface area contributed by atoms with E-state index in [1.54, 1.807) is 16.8 Å². The number of nitrogens with zero attached hydrogens (tertiary/aromatic N) is 3. The van der Waals surface area contributed by atoms with Gasteiger partial charge in [0.15, 0.2) is 0 Å². The molecule has 1 aliphatic rings. The minimum Gasteiger partial charge on any atom is -0.353 e. The number of piperazine rings is 1. The van der Waals surface area contributed by atoms with Crippen LogP contribution in [-0.2, 0) is 16.0 Å². The SMILES string of the molecule is CCC(C)NC(=O)CN1CCN(C(=O)CCc2cncs2)CC1. The lowest BCUT2D eigenvalue weighted by Crippen LogP contribution is -2.51. The fraction of sp³-hybridized carbons (Fsp3) is 0.688. The van der Waals surface area contributed by atoms with Crippen LogP contribution >= 0.6 is 11.3 Å². The molecule has 2 amide bonds. The summed E-state index contributed by atoms with van der Waals surface area (Å²) in [5, 5.41) is 2.98. The summed E-state index contributed by atoms with van der Waals surface area (Å²) in [6.45, 7) is 7.43. The Balaban J connectivity index is 1.66. The lowest BCUT2D eigenvalue weighted by molar-refractivity contribution is -0.133.